The Morgan fingerprint density at radius 1 is 1.00 bits per heavy atom. The quantitative estimate of drug-likeness (QED) is 0.340. The summed E-state index contributed by atoms with van der Waals surface area (Å²) in [6.45, 7) is 0. The van der Waals surface area contributed by atoms with Gasteiger partial charge in [0.05, 0.1) is 0 Å². The summed E-state index contributed by atoms with van der Waals surface area (Å²) in [5.41, 5.74) is 0. The Balaban J connectivity index is 0. The predicted octanol–water partition coefficient (Wildman–Crippen LogP) is -0.369. The van der Waals surface area contributed by atoms with E-state index >= 15 is 0 Å². The fourth-order valence-corrected chi connectivity index (χ4v) is 0. The molecule has 0 N–H and O–H groups in total. The van der Waals surface area contributed by atoms with Crippen LogP contribution in [0.2, 0.25) is 0 Å². The maximum atomic E-state index is 0. The molecule has 0 heterocycles. The molecule has 0 spiro atoms. The first-order valence-corrected chi connectivity index (χ1v) is 0. The van der Waals surface area contributed by atoms with E-state index in [0.717, 1.165) is 0 Å². The van der Waals surface area contributed by atoms with E-state index in [2.05, 4.69) is 0 Å². The molecule has 4 heavy (non-hydrogen) atoms. The fourth-order valence-electron chi connectivity index (χ4n) is 0. The van der Waals surface area contributed by atoms with Crippen LogP contribution in [0.3, 0.4) is 0 Å². The second kappa shape index (κ2) is 15.7. The molecule has 0 nitrogen and oxygen atoms in total. The van der Waals surface area contributed by atoms with Crippen molar-refractivity contribution in [2.45, 2.75) is 0 Å². The van der Waals surface area contributed by atoms with Crippen molar-refractivity contribution in [1.29, 1.82) is 0 Å². The Labute approximate surface area is 129 Å². The molecule has 0 aromatic rings. The first-order chi connectivity index (χ1) is 0. The Morgan fingerprint density at radius 2 is 1.00 bits per heavy atom. The fraction of sp³-hybridized carbons (Fsp3) is 0. The van der Waals surface area contributed by atoms with Crippen molar-refractivity contribution in [3.63, 3.8) is 0 Å². The van der Waals surface area contributed by atoms with Crippen LogP contribution in [-0.4, -0.2) is 92.8 Å². The van der Waals surface area contributed by atoms with Gasteiger partial charge in [0.15, 0.2) is 0 Å². The van der Waals surface area contributed by atoms with Gasteiger partial charge in [0.1, 0.15) is 0 Å². The molecule has 4 heteroatoms. The Morgan fingerprint density at radius 3 is 1.00 bits per heavy atom. The average Bonchev–Trinajstić information content (AvgIpc) is 0. The zero-order chi connectivity index (χ0) is 0. The number of hydrogen-bond acceptors (Lipinski definition) is 0. The summed E-state index contributed by atoms with van der Waals surface area (Å²) in [4.78, 5) is 0. The molecule has 0 fully saturated rings. The summed E-state index contributed by atoms with van der Waals surface area (Å²) in [7, 11) is 0. The number of halogens is 2. The van der Waals surface area contributed by atoms with E-state index in [0.29, 0.717) is 0 Å². The van der Waals surface area contributed by atoms with E-state index in [1.165, 1.54) is 0 Å². The molecule has 24 valence electrons. The second-order valence-corrected chi connectivity index (χ2v) is 0. The summed E-state index contributed by atoms with van der Waals surface area (Å²) >= 11 is 0. The number of rotatable bonds is 0. The van der Waals surface area contributed by atoms with E-state index in [-0.39, 0.29) is 134 Å². The molecule has 2 radical (unpaired) electrons. The minimum absolute atomic E-state index is 0. The van der Waals surface area contributed by atoms with E-state index in [4.69, 9.17) is 0 Å². The van der Waals surface area contributed by atoms with E-state index in [1.54, 1.807) is 0 Å². The normalized spacial score (nSPS) is 0. The SMILES string of the molecule is Br.I.[CsH].[SnH2]. The van der Waals surface area contributed by atoms with Gasteiger partial charge in [-0.3, -0.25) is 0 Å². The molecule has 0 aromatic carbocycles. The van der Waals surface area contributed by atoms with Crippen LogP contribution in [0.25, 0.3) is 0 Å². The monoisotopic (exact) mass is 464 g/mol. The van der Waals surface area contributed by atoms with Crippen molar-refractivity contribution in [3.8, 4) is 0 Å². The van der Waals surface area contributed by atoms with Crippen molar-refractivity contribution in [2.75, 3.05) is 0 Å². The van der Waals surface area contributed by atoms with Gasteiger partial charge in [-0.1, -0.05) is 0 Å². The maximum absolute atomic E-state index is 0. The first kappa shape index (κ1) is 24.4. The van der Waals surface area contributed by atoms with Crippen molar-refractivity contribution < 1.29 is 0 Å². The van der Waals surface area contributed by atoms with Crippen LogP contribution in [0.4, 0.5) is 0 Å². The predicted molar refractivity (Wildman–Crippen MR) is 41.4 cm³/mol. The molecule has 0 bridgehead atoms. The van der Waals surface area contributed by atoms with Crippen LogP contribution >= 0.6 is 41.0 Å². The summed E-state index contributed by atoms with van der Waals surface area (Å²) in [6.07, 6.45) is 0. The van der Waals surface area contributed by atoms with Crippen molar-refractivity contribution in [2.24, 2.45) is 0 Å². The molecule has 0 atom stereocenters. The molecule has 0 saturated heterocycles. The van der Waals surface area contributed by atoms with Gasteiger partial charge in [-0.2, -0.15) is 0 Å². The Kier molecular flexibility index (Phi) is 95.8. The zero-order valence-electron chi connectivity index (χ0n) is 1.52. The molecule has 0 rings (SSSR count). The second-order valence-electron chi connectivity index (χ2n) is 0. The van der Waals surface area contributed by atoms with Gasteiger partial charge in [-0.15, -0.1) is 41.0 Å². The summed E-state index contributed by atoms with van der Waals surface area (Å²) in [6, 6.07) is 0. The van der Waals surface area contributed by atoms with E-state index in [9.17, 15) is 0 Å². The third kappa shape index (κ3) is 9.41. The van der Waals surface area contributed by atoms with Crippen LogP contribution in [0.1, 0.15) is 0 Å². The topological polar surface area (TPSA) is 0 Å². The third-order valence-electron chi connectivity index (χ3n) is 0. The molecular formula is H5BrCsISn. The van der Waals surface area contributed by atoms with Gasteiger partial charge in [-0.05, 0) is 0 Å². The van der Waals surface area contributed by atoms with Gasteiger partial charge in [0, 0.05) is 0 Å². The minimum atomic E-state index is 0. The van der Waals surface area contributed by atoms with E-state index in [1.807, 2.05) is 0 Å². The standard InChI is InChI=1S/BrH.Cs.HI.Sn.3H/h1H;;1H;;;;. The van der Waals surface area contributed by atoms with Crippen LogP contribution in [0, 0.1) is 0 Å². The first-order valence-electron chi connectivity index (χ1n) is 0. The summed E-state index contributed by atoms with van der Waals surface area (Å²) in [5.74, 6) is 0. The summed E-state index contributed by atoms with van der Waals surface area (Å²) in [5, 5.41) is 0. The van der Waals surface area contributed by atoms with Gasteiger partial charge < -0.3 is 0 Å². The molecule has 0 aromatic heterocycles. The molecule has 0 unspecified atom stereocenters. The Bertz CT molecular complexity index is 8.00. The van der Waals surface area contributed by atoms with Crippen molar-refractivity contribution >= 4 is 134 Å². The van der Waals surface area contributed by atoms with Crippen molar-refractivity contribution in [1.82, 2.24) is 0 Å². The molecule has 0 aliphatic carbocycles. The third-order valence-corrected chi connectivity index (χ3v) is 0. The average molecular weight is 463 g/mol. The number of hydrogen-bond donors (Lipinski definition) is 0. The van der Waals surface area contributed by atoms with Crippen LogP contribution < -0.4 is 0 Å². The zero-order valence-corrected chi connectivity index (χ0v) is 9.60. The Hall–Kier alpha value is 4.06. The van der Waals surface area contributed by atoms with Crippen LogP contribution in [0.15, 0.2) is 0 Å². The molecule has 0 aliphatic heterocycles. The van der Waals surface area contributed by atoms with Gasteiger partial charge in [0.25, 0.3) is 0 Å². The van der Waals surface area contributed by atoms with Gasteiger partial charge in [0.2, 0.25) is 0 Å². The molecule has 0 aliphatic rings. The molecular weight excluding hydrogens is 458 g/mol. The van der Waals surface area contributed by atoms with Gasteiger partial charge in [-0.25, -0.2) is 0 Å². The molecule has 0 saturated carbocycles. The van der Waals surface area contributed by atoms with Crippen LogP contribution in [-0.2, 0) is 0 Å². The van der Waals surface area contributed by atoms with Crippen molar-refractivity contribution in [3.05, 3.63) is 0 Å². The molecule has 0 amide bonds. The van der Waals surface area contributed by atoms with Gasteiger partial charge >= 0.3 is 92.8 Å². The summed E-state index contributed by atoms with van der Waals surface area (Å²) < 4.78 is 0. The van der Waals surface area contributed by atoms with E-state index < -0.39 is 0 Å². The van der Waals surface area contributed by atoms with Crippen LogP contribution in [0.5, 0.6) is 0 Å².